The number of anilines is 3. The smallest absolute Gasteiger partial charge is 0.271 e. The van der Waals surface area contributed by atoms with Crippen LogP contribution in [0, 0.1) is 0 Å². The molecule has 0 saturated carbocycles. The summed E-state index contributed by atoms with van der Waals surface area (Å²) in [5.41, 5.74) is 8.60. The summed E-state index contributed by atoms with van der Waals surface area (Å²) in [7, 11) is 0. The standard InChI is InChI=1S/C19H19N7O2S2/c1-9(2)23-15(20)14-17(28)26-30-18(14)25-19-22-8-13(29-19)16(27)24-11-6-10-4-3-5-12(10)21-7-11/h3-9,21H,1-2H3,(H2,20,23)(H,22,25)(H,24,27)(H,26,28). The fraction of sp³-hybridized carbons (Fsp3) is 0.158. The lowest BCUT2D eigenvalue weighted by atomic mass is 10.2. The average Bonchev–Trinajstić information content (AvgIpc) is 3.41. The molecule has 11 heteroatoms. The fourth-order valence-electron chi connectivity index (χ4n) is 2.82. The normalized spacial score (nSPS) is 11.9. The van der Waals surface area contributed by atoms with Crippen LogP contribution in [0.25, 0.3) is 11.3 Å². The third-order valence-corrected chi connectivity index (χ3v) is 5.81. The third kappa shape index (κ3) is 4.11. The molecule has 0 aromatic carbocycles. The molecule has 0 saturated heterocycles. The first-order chi connectivity index (χ1) is 14.4. The molecular weight excluding hydrogens is 422 g/mol. The Bertz CT molecular complexity index is 1250. The quantitative estimate of drug-likeness (QED) is 0.230. The molecule has 30 heavy (non-hydrogen) atoms. The molecular formula is C19H19N7O2S2. The summed E-state index contributed by atoms with van der Waals surface area (Å²) in [5.74, 6) is -0.119. The minimum Gasteiger partial charge on any atom is -0.383 e. The lowest BCUT2D eigenvalue weighted by Gasteiger charge is -2.06. The van der Waals surface area contributed by atoms with E-state index in [1.807, 2.05) is 38.1 Å². The van der Waals surface area contributed by atoms with Gasteiger partial charge in [0.05, 0.1) is 11.9 Å². The summed E-state index contributed by atoms with van der Waals surface area (Å²) in [6.07, 6.45) is 3.22. The van der Waals surface area contributed by atoms with Crippen LogP contribution in [0.5, 0.6) is 0 Å². The van der Waals surface area contributed by atoms with Crippen LogP contribution in [0.4, 0.5) is 15.8 Å². The Balaban J connectivity index is 1.50. The Hall–Kier alpha value is -3.44. The van der Waals surface area contributed by atoms with E-state index in [2.05, 4.69) is 30.0 Å². The molecule has 0 bridgehead atoms. The number of thiazole rings is 1. The predicted molar refractivity (Wildman–Crippen MR) is 122 cm³/mol. The van der Waals surface area contributed by atoms with Crippen molar-refractivity contribution in [2.24, 2.45) is 10.7 Å². The lowest BCUT2D eigenvalue weighted by molar-refractivity contribution is 0.103. The molecule has 3 heterocycles. The van der Waals surface area contributed by atoms with Crippen molar-refractivity contribution >= 4 is 50.4 Å². The van der Waals surface area contributed by atoms with Crippen molar-refractivity contribution in [1.82, 2.24) is 14.3 Å². The number of amides is 1. The molecule has 2 aromatic heterocycles. The topological polar surface area (TPSA) is 141 Å². The van der Waals surface area contributed by atoms with Crippen LogP contribution in [-0.4, -0.2) is 32.1 Å². The van der Waals surface area contributed by atoms with E-state index < -0.39 is 0 Å². The second-order valence-corrected chi connectivity index (χ2v) is 8.58. The number of hydrogen-bond acceptors (Lipinski definition) is 7. The van der Waals surface area contributed by atoms with Gasteiger partial charge in [0.1, 0.15) is 21.3 Å². The second-order valence-electron chi connectivity index (χ2n) is 6.74. The summed E-state index contributed by atoms with van der Waals surface area (Å²) in [6, 6.07) is 7.71. The van der Waals surface area contributed by atoms with Gasteiger partial charge in [0.25, 0.3) is 11.5 Å². The van der Waals surface area contributed by atoms with Gasteiger partial charge in [0.2, 0.25) is 0 Å². The number of nitrogens with two attached hydrogens (primary N) is 1. The largest absolute Gasteiger partial charge is 0.383 e. The van der Waals surface area contributed by atoms with Gasteiger partial charge in [0, 0.05) is 23.5 Å². The lowest BCUT2D eigenvalue weighted by Crippen LogP contribution is -2.23. The minimum atomic E-state index is -0.321. The van der Waals surface area contributed by atoms with E-state index in [9.17, 15) is 9.59 Å². The van der Waals surface area contributed by atoms with Gasteiger partial charge >= 0.3 is 0 Å². The van der Waals surface area contributed by atoms with E-state index in [1.54, 1.807) is 6.20 Å². The van der Waals surface area contributed by atoms with E-state index in [-0.39, 0.29) is 28.9 Å². The zero-order chi connectivity index (χ0) is 21.3. The first-order valence-electron chi connectivity index (χ1n) is 9.07. The third-order valence-electron chi connectivity index (χ3n) is 4.11. The number of fused-ring (bicyclic) bond motifs is 1. The van der Waals surface area contributed by atoms with Gasteiger partial charge in [0.15, 0.2) is 5.13 Å². The molecule has 9 nitrogen and oxygen atoms in total. The van der Waals surface area contributed by atoms with Gasteiger partial charge in [-0.2, -0.15) is 0 Å². The molecule has 0 spiro atoms. The number of aliphatic imine (C=N–C) groups is 1. The predicted octanol–water partition coefficient (Wildman–Crippen LogP) is 3.44. The highest BCUT2D eigenvalue weighted by Gasteiger charge is 2.18. The Kier molecular flexibility index (Phi) is 5.38. The van der Waals surface area contributed by atoms with E-state index in [0.717, 1.165) is 22.8 Å². The monoisotopic (exact) mass is 441 g/mol. The van der Waals surface area contributed by atoms with Gasteiger partial charge in [-0.15, -0.1) is 0 Å². The van der Waals surface area contributed by atoms with Crippen molar-refractivity contribution in [1.29, 1.82) is 0 Å². The summed E-state index contributed by atoms with van der Waals surface area (Å²) in [5, 5.41) is 6.87. The maximum absolute atomic E-state index is 12.6. The van der Waals surface area contributed by atoms with Crippen LogP contribution < -0.4 is 21.9 Å². The first-order valence-corrected chi connectivity index (χ1v) is 10.7. The Morgan fingerprint density at radius 3 is 2.97 bits per heavy atom. The van der Waals surface area contributed by atoms with Crippen molar-refractivity contribution in [3.8, 4) is 11.3 Å². The molecule has 6 N–H and O–H groups in total. The van der Waals surface area contributed by atoms with E-state index in [0.29, 0.717) is 20.7 Å². The first kappa shape index (κ1) is 19.9. The van der Waals surface area contributed by atoms with Crippen LogP contribution in [0.3, 0.4) is 0 Å². The van der Waals surface area contributed by atoms with Gasteiger partial charge < -0.3 is 21.4 Å². The number of hydrogen-bond donors (Lipinski definition) is 5. The molecule has 154 valence electrons. The number of carbonyl (C=O) groups excluding carboxylic acids is 1. The van der Waals surface area contributed by atoms with E-state index >= 15 is 0 Å². The number of aromatic nitrogens is 3. The number of aromatic amines is 2. The van der Waals surface area contributed by atoms with E-state index in [1.165, 1.54) is 17.5 Å². The summed E-state index contributed by atoms with van der Waals surface area (Å²) in [4.78, 5) is 36.7. The van der Waals surface area contributed by atoms with Crippen LogP contribution in [0.15, 0.2) is 46.4 Å². The number of nitrogens with one attached hydrogen (secondary N) is 4. The molecule has 0 atom stereocenters. The molecule has 1 aliphatic heterocycles. The second kappa shape index (κ2) is 8.13. The number of nitrogens with zero attached hydrogens (tertiary/aromatic N) is 2. The van der Waals surface area contributed by atoms with Crippen LogP contribution >= 0.6 is 22.9 Å². The molecule has 2 aliphatic rings. The van der Waals surface area contributed by atoms with Gasteiger partial charge in [-0.3, -0.25) is 19.0 Å². The van der Waals surface area contributed by atoms with Gasteiger partial charge in [-0.25, -0.2) is 4.98 Å². The molecule has 0 unspecified atom stereocenters. The summed E-state index contributed by atoms with van der Waals surface area (Å²) >= 11 is 2.27. The number of rotatable bonds is 6. The van der Waals surface area contributed by atoms with Crippen molar-refractivity contribution in [3.05, 3.63) is 57.5 Å². The minimum absolute atomic E-state index is 0.0443. The molecule has 1 aliphatic carbocycles. The van der Waals surface area contributed by atoms with Crippen molar-refractivity contribution < 1.29 is 4.79 Å². The van der Waals surface area contributed by atoms with Crippen LogP contribution in [0.2, 0.25) is 0 Å². The number of carbonyl (C=O) groups is 1. The highest BCUT2D eigenvalue weighted by atomic mass is 32.1. The van der Waals surface area contributed by atoms with Crippen LogP contribution in [0.1, 0.15) is 29.1 Å². The number of pyridine rings is 1. The van der Waals surface area contributed by atoms with Gasteiger partial charge in [-0.05, 0) is 37.5 Å². The molecule has 0 fully saturated rings. The van der Waals surface area contributed by atoms with Gasteiger partial charge in [-0.1, -0.05) is 23.5 Å². The SMILES string of the molecule is CC(C)N=C(N)c1c(Nc2ncc(C(=O)Nc3c[nH]c4cccc-4c3)s2)s[nH]c1=O. The Morgan fingerprint density at radius 2 is 2.17 bits per heavy atom. The number of amidine groups is 1. The fourth-order valence-corrected chi connectivity index (χ4v) is 4.35. The van der Waals surface area contributed by atoms with E-state index in [4.69, 9.17) is 5.73 Å². The molecule has 1 amide bonds. The summed E-state index contributed by atoms with van der Waals surface area (Å²) < 4.78 is 2.64. The molecule has 0 radical (unpaired) electrons. The molecule has 4 rings (SSSR count). The molecule has 2 aromatic rings. The maximum Gasteiger partial charge on any atom is 0.271 e. The highest BCUT2D eigenvalue weighted by Crippen LogP contribution is 2.28. The van der Waals surface area contributed by atoms with Crippen molar-refractivity contribution in [2.45, 2.75) is 19.9 Å². The highest BCUT2D eigenvalue weighted by molar-refractivity contribution is 7.18. The number of H-pyrrole nitrogens is 2. The van der Waals surface area contributed by atoms with Crippen molar-refractivity contribution in [3.63, 3.8) is 0 Å². The zero-order valence-electron chi connectivity index (χ0n) is 16.1. The Labute approximate surface area is 179 Å². The maximum atomic E-state index is 12.6. The summed E-state index contributed by atoms with van der Waals surface area (Å²) in [6.45, 7) is 3.75. The zero-order valence-corrected chi connectivity index (χ0v) is 17.8. The van der Waals surface area contributed by atoms with Crippen LogP contribution in [-0.2, 0) is 0 Å². The van der Waals surface area contributed by atoms with Crippen molar-refractivity contribution in [2.75, 3.05) is 10.6 Å². The average molecular weight is 442 g/mol. The Morgan fingerprint density at radius 1 is 1.33 bits per heavy atom.